The zero-order valence-electron chi connectivity index (χ0n) is 14.8. The molecule has 3 aromatic rings. The number of amides is 1. The average Bonchev–Trinajstić information content (AvgIpc) is 3.14. The lowest BCUT2D eigenvalue weighted by molar-refractivity contribution is -0.169. The molecule has 1 spiro atoms. The molecule has 8 heteroatoms. The van der Waals surface area contributed by atoms with Crippen LogP contribution in [0.25, 0.3) is 22.4 Å². The van der Waals surface area contributed by atoms with Crippen molar-refractivity contribution in [3.8, 4) is 11.3 Å². The van der Waals surface area contributed by atoms with E-state index in [4.69, 9.17) is 10.5 Å². The van der Waals surface area contributed by atoms with Gasteiger partial charge in [-0.1, -0.05) is 12.1 Å². The summed E-state index contributed by atoms with van der Waals surface area (Å²) in [7, 11) is 0. The van der Waals surface area contributed by atoms with Crippen molar-refractivity contribution in [1.29, 1.82) is 0 Å². The number of nitrogens with one attached hydrogen (secondary N) is 1. The number of rotatable bonds is 2. The Kier molecular flexibility index (Phi) is 3.61. The molecule has 0 unspecified atom stereocenters. The number of hydrogen-bond acceptors (Lipinski definition) is 6. The first-order valence-corrected chi connectivity index (χ1v) is 9.14. The molecule has 27 heavy (non-hydrogen) atoms. The monoisotopic (exact) mass is 364 g/mol. The van der Waals surface area contributed by atoms with Gasteiger partial charge in [0.15, 0.2) is 5.65 Å². The second-order valence-corrected chi connectivity index (χ2v) is 7.19. The van der Waals surface area contributed by atoms with Crippen LogP contribution in [0.3, 0.4) is 0 Å². The summed E-state index contributed by atoms with van der Waals surface area (Å²) in [4.78, 5) is 30.6. The second-order valence-electron chi connectivity index (χ2n) is 7.19. The first kappa shape index (κ1) is 16.2. The van der Waals surface area contributed by atoms with Gasteiger partial charge in [-0.25, -0.2) is 9.97 Å². The second kappa shape index (κ2) is 6.02. The fourth-order valence-electron chi connectivity index (χ4n) is 3.94. The summed E-state index contributed by atoms with van der Waals surface area (Å²) in [6.07, 6.45) is 4.49. The molecule has 1 amide bonds. The highest BCUT2D eigenvalue weighted by molar-refractivity contribution is 5.97. The molecular weight excluding hydrogens is 344 g/mol. The van der Waals surface area contributed by atoms with E-state index >= 15 is 0 Å². The quantitative estimate of drug-likeness (QED) is 0.720. The van der Waals surface area contributed by atoms with Crippen LogP contribution >= 0.6 is 0 Å². The summed E-state index contributed by atoms with van der Waals surface area (Å²) in [6.45, 7) is 2.31. The van der Waals surface area contributed by atoms with E-state index < -0.39 is 0 Å². The topological polar surface area (TPSA) is 110 Å². The van der Waals surface area contributed by atoms with Crippen molar-refractivity contribution in [2.45, 2.75) is 24.9 Å². The van der Waals surface area contributed by atoms with E-state index in [0.29, 0.717) is 22.4 Å². The van der Waals surface area contributed by atoms with Gasteiger partial charge >= 0.3 is 0 Å². The zero-order chi connectivity index (χ0) is 18.4. The number of nitrogens with two attached hydrogens (primary N) is 1. The lowest BCUT2D eigenvalue weighted by Crippen LogP contribution is -2.53. The lowest BCUT2D eigenvalue weighted by atomic mass is 9.84. The minimum absolute atomic E-state index is 0.0311. The number of H-pyrrole nitrogens is 1. The van der Waals surface area contributed by atoms with Crippen molar-refractivity contribution in [2.75, 3.05) is 25.4 Å². The molecule has 2 fully saturated rings. The predicted molar refractivity (Wildman–Crippen MR) is 100.0 cm³/mol. The van der Waals surface area contributed by atoms with Gasteiger partial charge in [0, 0.05) is 24.2 Å². The molecule has 2 aromatic heterocycles. The summed E-state index contributed by atoms with van der Waals surface area (Å²) in [5, 5.41) is 0. The van der Waals surface area contributed by atoms with Crippen molar-refractivity contribution in [2.24, 2.45) is 0 Å². The summed E-state index contributed by atoms with van der Waals surface area (Å²) in [5.74, 6) is 0.192. The molecule has 5 rings (SSSR count). The molecule has 0 aliphatic carbocycles. The highest BCUT2D eigenvalue weighted by Gasteiger charge is 2.42. The van der Waals surface area contributed by atoms with Crippen LogP contribution in [0.15, 0.2) is 30.6 Å². The molecule has 4 heterocycles. The fourth-order valence-corrected chi connectivity index (χ4v) is 3.94. The van der Waals surface area contributed by atoms with Gasteiger partial charge < -0.3 is 20.4 Å². The number of carbonyl (C=O) groups is 1. The van der Waals surface area contributed by atoms with Gasteiger partial charge in [-0.2, -0.15) is 4.98 Å². The Morgan fingerprint density at radius 3 is 2.78 bits per heavy atom. The van der Waals surface area contributed by atoms with Crippen LogP contribution in [-0.4, -0.2) is 56.0 Å². The number of hydrogen-bond donors (Lipinski definition) is 2. The smallest absolute Gasteiger partial charge is 0.253 e. The molecule has 2 aliphatic heterocycles. The van der Waals surface area contributed by atoms with E-state index in [2.05, 4.69) is 19.9 Å². The maximum atomic E-state index is 13.0. The standard InChI is InChI=1S/C19H20N6O2/c20-18-23-14(15-16(24-18)22-11-21-15)12-2-1-3-13(10-12)17(26)25-7-4-19(5-8-25)6-9-27-19/h1-3,10-11H,4-9H2,(H3,20,21,22,23,24). The van der Waals surface area contributed by atoms with E-state index in [0.717, 1.165) is 44.5 Å². The number of fused-ring (bicyclic) bond motifs is 1. The first-order valence-electron chi connectivity index (χ1n) is 9.14. The minimum Gasteiger partial charge on any atom is -0.375 e. The Bertz CT molecular complexity index is 1020. The maximum absolute atomic E-state index is 13.0. The SMILES string of the molecule is Nc1nc(-c2cccc(C(=O)N3CCC4(CCO4)CC3)c2)c2[nH]cnc2n1. The number of aromatic amines is 1. The molecule has 0 atom stereocenters. The summed E-state index contributed by atoms with van der Waals surface area (Å²) in [6, 6.07) is 7.47. The molecular formula is C19H20N6O2. The number of carbonyl (C=O) groups excluding carboxylic acids is 1. The van der Waals surface area contributed by atoms with Gasteiger partial charge in [0.05, 0.1) is 18.5 Å². The van der Waals surface area contributed by atoms with Crippen molar-refractivity contribution in [1.82, 2.24) is 24.8 Å². The number of aromatic nitrogens is 4. The van der Waals surface area contributed by atoms with E-state index in [1.807, 2.05) is 29.2 Å². The third-order valence-corrected chi connectivity index (χ3v) is 5.61. The Labute approximate surface area is 155 Å². The summed E-state index contributed by atoms with van der Waals surface area (Å²) in [5.41, 5.74) is 9.15. The molecule has 2 aliphatic rings. The molecule has 0 radical (unpaired) electrons. The van der Waals surface area contributed by atoms with E-state index in [9.17, 15) is 4.79 Å². The highest BCUT2D eigenvalue weighted by Crippen LogP contribution is 2.37. The summed E-state index contributed by atoms with van der Waals surface area (Å²) >= 11 is 0. The Morgan fingerprint density at radius 1 is 1.22 bits per heavy atom. The molecule has 0 saturated carbocycles. The summed E-state index contributed by atoms with van der Waals surface area (Å²) < 4.78 is 5.74. The van der Waals surface area contributed by atoms with Crippen LogP contribution in [0.4, 0.5) is 5.95 Å². The fraction of sp³-hybridized carbons (Fsp3) is 0.368. The molecule has 2 saturated heterocycles. The average molecular weight is 364 g/mol. The van der Waals surface area contributed by atoms with Crippen LogP contribution in [0.5, 0.6) is 0 Å². The molecule has 0 bridgehead atoms. The van der Waals surface area contributed by atoms with E-state index in [-0.39, 0.29) is 17.5 Å². The van der Waals surface area contributed by atoms with Crippen molar-refractivity contribution >= 4 is 23.0 Å². The number of nitrogens with zero attached hydrogens (tertiary/aromatic N) is 4. The van der Waals surface area contributed by atoms with Crippen molar-refractivity contribution in [3.05, 3.63) is 36.2 Å². The van der Waals surface area contributed by atoms with Crippen LogP contribution in [0, 0.1) is 0 Å². The number of nitrogen functional groups attached to an aromatic ring is 1. The third-order valence-electron chi connectivity index (χ3n) is 5.61. The lowest BCUT2D eigenvalue weighted by Gasteiger charge is -2.47. The Hall–Kier alpha value is -3.00. The largest absolute Gasteiger partial charge is 0.375 e. The van der Waals surface area contributed by atoms with Crippen LogP contribution in [0.2, 0.25) is 0 Å². The number of piperidine rings is 1. The molecule has 8 nitrogen and oxygen atoms in total. The maximum Gasteiger partial charge on any atom is 0.253 e. The number of benzene rings is 1. The van der Waals surface area contributed by atoms with Gasteiger partial charge in [-0.15, -0.1) is 0 Å². The van der Waals surface area contributed by atoms with Gasteiger partial charge in [0.1, 0.15) is 11.2 Å². The number of anilines is 1. The minimum atomic E-state index is 0.0311. The first-order chi connectivity index (χ1) is 13.1. The normalized spacial score (nSPS) is 18.6. The number of likely N-dealkylation sites (tertiary alicyclic amines) is 1. The number of ether oxygens (including phenoxy) is 1. The van der Waals surface area contributed by atoms with Gasteiger partial charge in [0.2, 0.25) is 5.95 Å². The van der Waals surface area contributed by atoms with Gasteiger partial charge in [-0.3, -0.25) is 4.79 Å². The Balaban J connectivity index is 1.43. The number of imidazole rings is 1. The molecule has 3 N–H and O–H groups in total. The van der Waals surface area contributed by atoms with Crippen molar-refractivity contribution < 1.29 is 9.53 Å². The highest BCUT2D eigenvalue weighted by atomic mass is 16.5. The van der Waals surface area contributed by atoms with Crippen LogP contribution < -0.4 is 5.73 Å². The van der Waals surface area contributed by atoms with E-state index in [1.165, 1.54) is 0 Å². The molecule has 1 aromatic carbocycles. The zero-order valence-corrected chi connectivity index (χ0v) is 14.8. The van der Waals surface area contributed by atoms with Crippen LogP contribution in [-0.2, 0) is 4.74 Å². The predicted octanol–water partition coefficient (Wildman–Crippen LogP) is 2.00. The Morgan fingerprint density at radius 2 is 2.04 bits per heavy atom. The van der Waals surface area contributed by atoms with Gasteiger partial charge in [-0.05, 0) is 31.4 Å². The van der Waals surface area contributed by atoms with Crippen LogP contribution in [0.1, 0.15) is 29.6 Å². The van der Waals surface area contributed by atoms with E-state index in [1.54, 1.807) is 6.33 Å². The third kappa shape index (κ3) is 2.73. The molecule has 138 valence electrons. The van der Waals surface area contributed by atoms with Gasteiger partial charge in [0.25, 0.3) is 5.91 Å². The van der Waals surface area contributed by atoms with Crippen molar-refractivity contribution in [3.63, 3.8) is 0 Å².